The summed E-state index contributed by atoms with van der Waals surface area (Å²) in [5.74, 6) is 0. The molecule has 8 aromatic carbocycles. The fraction of sp³-hybridized carbons (Fsp3) is 0. The minimum atomic E-state index is 0.146. The van der Waals surface area contributed by atoms with E-state index in [1.54, 1.807) is 0 Å². The van der Waals surface area contributed by atoms with Crippen molar-refractivity contribution in [1.29, 1.82) is 0 Å². The average Bonchev–Trinajstić information content (AvgIpc) is 3.70. The van der Waals surface area contributed by atoms with E-state index >= 15 is 0 Å². The van der Waals surface area contributed by atoms with Gasteiger partial charge in [-0.1, -0.05) is 121 Å². The number of rotatable bonds is 1. The molecule has 0 fully saturated rings. The van der Waals surface area contributed by atoms with Gasteiger partial charge in [-0.05, 0) is 68.2 Å². The number of aromatic nitrogens is 1. The van der Waals surface area contributed by atoms with E-state index in [4.69, 9.17) is 0 Å². The van der Waals surface area contributed by atoms with Crippen LogP contribution in [0.3, 0.4) is 0 Å². The molecule has 0 saturated heterocycles. The van der Waals surface area contributed by atoms with Gasteiger partial charge in [0, 0.05) is 53.6 Å². The lowest BCUT2D eigenvalue weighted by molar-refractivity contribution is 1.19. The SMILES string of the molecule is c1ccc(N2c3cccc4c3B(c3sc5ccccc5c32)c2cccc3c5ccc6c7ccccc7c7ccccc7c6c5n-4c23)cc1. The fourth-order valence-corrected chi connectivity index (χ4v) is 10.5. The largest absolute Gasteiger partial charge is 0.310 e. The number of para-hydroxylation sites is 2. The zero-order valence-corrected chi connectivity index (χ0v) is 26.6. The molecule has 220 valence electrons. The quantitative estimate of drug-likeness (QED) is 0.130. The number of thiophene rings is 1. The van der Waals surface area contributed by atoms with E-state index in [0.717, 1.165) is 0 Å². The van der Waals surface area contributed by atoms with Crippen molar-refractivity contribution in [2.75, 3.05) is 4.90 Å². The van der Waals surface area contributed by atoms with Gasteiger partial charge in [0.25, 0.3) is 6.71 Å². The molecule has 10 aromatic rings. The van der Waals surface area contributed by atoms with Gasteiger partial charge >= 0.3 is 0 Å². The van der Waals surface area contributed by atoms with Crippen molar-refractivity contribution >= 4 is 115 Å². The van der Waals surface area contributed by atoms with Crippen LogP contribution < -0.4 is 20.6 Å². The molecular formula is C44H25BN2S. The first kappa shape index (κ1) is 25.3. The zero-order valence-electron chi connectivity index (χ0n) is 25.8. The van der Waals surface area contributed by atoms with Gasteiger partial charge < -0.3 is 9.47 Å². The normalized spacial score (nSPS) is 13.3. The molecule has 4 heterocycles. The summed E-state index contributed by atoms with van der Waals surface area (Å²) in [5, 5.41) is 11.8. The molecule has 4 heteroatoms. The zero-order chi connectivity index (χ0) is 31.1. The third-order valence-electron chi connectivity index (χ3n) is 10.9. The molecule has 0 spiro atoms. The Morgan fingerprint density at radius 2 is 1.02 bits per heavy atom. The Morgan fingerprint density at radius 1 is 0.438 bits per heavy atom. The Morgan fingerprint density at radius 3 is 1.83 bits per heavy atom. The van der Waals surface area contributed by atoms with Crippen molar-refractivity contribution in [2.24, 2.45) is 0 Å². The van der Waals surface area contributed by atoms with Crippen LogP contribution in [0.25, 0.3) is 69.9 Å². The van der Waals surface area contributed by atoms with E-state index in [2.05, 4.69) is 161 Å². The molecule has 0 amide bonds. The van der Waals surface area contributed by atoms with E-state index in [0.29, 0.717) is 0 Å². The minimum absolute atomic E-state index is 0.146. The highest BCUT2D eigenvalue weighted by molar-refractivity contribution is 7.33. The lowest BCUT2D eigenvalue weighted by Crippen LogP contribution is -2.59. The monoisotopic (exact) mass is 624 g/mol. The van der Waals surface area contributed by atoms with Crippen LogP contribution in [0, 0.1) is 0 Å². The maximum absolute atomic E-state index is 2.63. The Bertz CT molecular complexity index is 2990. The summed E-state index contributed by atoms with van der Waals surface area (Å²) in [6.45, 7) is 0.146. The summed E-state index contributed by atoms with van der Waals surface area (Å²) in [4.78, 5) is 2.53. The van der Waals surface area contributed by atoms with Crippen LogP contribution in [-0.4, -0.2) is 11.3 Å². The molecule has 0 aliphatic carbocycles. The number of hydrogen-bond donors (Lipinski definition) is 0. The first-order chi connectivity index (χ1) is 23.9. The van der Waals surface area contributed by atoms with E-state index < -0.39 is 0 Å². The molecule has 2 aliphatic rings. The van der Waals surface area contributed by atoms with Gasteiger partial charge in [0.2, 0.25) is 0 Å². The predicted octanol–water partition coefficient (Wildman–Crippen LogP) is 10.1. The van der Waals surface area contributed by atoms with Crippen LogP contribution in [0.5, 0.6) is 0 Å². The summed E-state index contributed by atoms with van der Waals surface area (Å²) in [5.41, 5.74) is 10.5. The molecule has 2 aliphatic heterocycles. The van der Waals surface area contributed by atoms with Crippen LogP contribution in [-0.2, 0) is 0 Å². The first-order valence-electron chi connectivity index (χ1n) is 16.7. The third-order valence-corrected chi connectivity index (χ3v) is 12.1. The van der Waals surface area contributed by atoms with Crippen molar-refractivity contribution < 1.29 is 0 Å². The van der Waals surface area contributed by atoms with Crippen molar-refractivity contribution in [3.05, 3.63) is 152 Å². The lowest BCUT2D eigenvalue weighted by Gasteiger charge is -2.38. The molecule has 12 rings (SSSR count). The molecule has 0 bridgehead atoms. The third kappa shape index (κ3) is 2.96. The smallest absolute Gasteiger partial charge is 0.264 e. The Kier molecular flexibility index (Phi) is 4.71. The maximum atomic E-state index is 2.63. The number of benzene rings is 8. The lowest BCUT2D eigenvalue weighted by atomic mass is 9.36. The first-order valence-corrected chi connectivity index (χ1v) is 17.5. The topological polar surface area (TPSA) is 8.17 Å². The average molecular weight is 625 g/mol. The van der Waals surface area contributed by atoms with Gasteiger partial charge in [-0.25, -0.2) is 0 Å². The molecular weight excluding hydrogens is 599 g/mol. The molecule has 0 N–H and O–H groups in total. The van der Waals surface area contributed by atoms with E-state index in [9.17, 15) is 0 Å². The summed E-state index contributed by atoms with van der Waals surface area (Å²) >= 11 is 1.96. The summed E-state index contributed by atoms with van der Waals surface area (Å²) < 4.78 is 5.38. The second kappa shape index (κ2) is 8.94. The number of hydrogen-bond acceptors (Lipinski definition) is 2. The number of anilines is 3. The van der Waals surface area contributed by atoms with Gasteiger partial charge in [0.15, 0.2) is 0 Å². The molecule has 0 atom stereocenters. The highest BCUT2D eigenvalue weighted by Crippen LogP contribution is 2.47. The summed E-state index contributed by atoms with van der Waals surface area (Å²) in [6, 6.07) is 56.5. The van der Waals surface area contributed by atoms with E-state index in [1.807, 2.05) is 11.3 Å². The molecule has 2 nitrogen and oxygen atoms in total. The minimum Gasteiger partial charge on any atom is -0.310 e. The van der Waals surface area contributed by atoms with Crippen LogP contribution in [0.15, 0.2) is 152 Å². The molecule has 48 heavy (non-hydrogen) atoms. The standard InChI is InChI=1S/C44H25BN2S/c1-2-12-26(13-3-1)46-36-21-11-22-37-40(36)45(44-43(46)34-18-8-9-23-38(34)48-44)35-20-10-19-32-33-25-24-31-29-16-5-4-14-27(29)28-15-6-7-17-30(28)39(31)42(33)47(37)41(32)35/h1-25H. The number of fused-ring (bicyclic) bond motifs is 16. The van der Waals surface area contributed by atoms with Gasteiger partial charge in [0.1, 0.15) is 0 Å². The van der Waals surface area contributed by atoms with E-state index in [-0.39, 0.29) is 6.71 Å². The molecule has 0 radical (unpaired) electrons. The molecule has 0 saturated carbocycles. The van der Waals surface area contributed by atoms with Crippen LogP contribution >= 0.6 is 11.3 Å². The Labute approximate surface area is 280 Å². The fourth-order valence-electron chi connectivity index (χ4n) is 9.14. The summed E-state index contributed by atoms with van der Waals surface area (Å²) in [7, 11) is 0. The Hall–Kier alpha value is -5.84. The Balaban J connectivity index is 1.32. The highest BCUT2D eigenvalue weighted by Gasteiger charge is 2.44. The van der Waals surface area contributed by atoms with Crippen molar-refractivity contribution in [3.8, 4) is 5.69 Å². The van der Waals surface area contributed by atoms with Crippen LogP contribution in [0.2, 0.25) is 0 Å². The van der Waals surface area contributed by atoms with Crippen LogP contribution in [0.1, 0.15) is 0 Å². The van der Waals surface area contributed by atoms with E-state index in [1.165, 1.54) is 103 Å². The second-order valence-electron chi connectivity index (χ2n) is 13.2. The van der Waals surface area contributed by atoms with Gasteiger partial charge in [-0.2, -0.15) is 0 Å². The van der Waals surface area contributed by atoms with Crippen LogP contribution in [0.4, 0.5) is 17.1 Å². The molecule has 2 aromatic heterocycles. The van der Waals surface area contributed by atoms with Gasteiger partial charge in [-0.15, -0.1) is 11.3 Å². The molecule has 0 unspecified atom stereocenters. The predicted molar refractivity (Wildman–Crippen MR) is 208 cm³/mol. The van der Waals surface area contributed by atoms with Gasteiger partial charge in [0.05, 0.1) is 11.2 Å². The van der Waals surface area contributed by atoms with Crippen molar-refractivity contribution in [2.45, 2.75) is 0 Å². The maximum Gasteiger partial charge on any atom is 0.264 e. The second-order valence-corrected chi connectivity index (χ2v) is 14.3. The number of nitrogens with zero attached hydrogens (tertiary/aromatic N) is 2. The highest BCUT2D eigenvalue weighted by atomic mass is 32.1. The summed E-state index contributed by atoms with van der Waals surface area (Å²) in [6.07, 6.45) is 0. The van der Waals surface area contributed by atoms with Gasteiger partial charge in [-0.3, -0.25) is 0 Å². The van der Waals surface area contributed by atoms with Crippen molar-refractivity contribution in [1.82, 2.24) is 4.57 Å². The van der Waals surface area contributed by atoms with Crippen molar-refractivity contribution in [3.63, 3.8) is 0 Å².